The molecule has 0 unspecified atom stereocenters. The van der Waals surface area contributed by atoms with Crippen LogP contribution in [0.5, 0.6) is 0 Å². The van der Waals surface area contributed by atoms with Gasteiger partial charge >= 0.3 is 0 Å². The smallest absolute Gasteiger partial charge is 0.274 e. The van der Waals surface area contributed by atoms with E-state index in [1.807, 2.05) is 23.1 Å². The van der Waals surface area contributed by atoms with Crippen molar-refractivity contribution in [1.29, 1.82) is 0 Å². The van der Waals surface area contributed by atoms with Gasteiger partial charge in [0.15, 0.2) is 0 Å². The lowest BCUT2D eigenvalue weighted by molar-refractivity contribution is -0.0814. The Morgan fingerprint density at radius 2 is 2.24 bits per heavy atom. The van der Waals surface area contributed by atoms with Gasteiger partial charge in [0.2, 0.25) is 0 Å². The molecule has 2 aliphatic heterocycles. The summed E-state index contributed by atoms with van der Waals surface area (Å²) in [5, 5.41) is 0. The average Bonchev–Trinajstić information content (AvgIpc) is 3.06. The van der Waals surface area contributed by atoms with Crippen molar-refractivity contribution in [2.45, 2.75) is 37.7 Å². The summed E-state index contributed by atoms with van der Waals surface area (Å²) in [4.78, 5) is 27.1. The molecule has 0 N–H and O–H groups in total. The molecular weight excluding hydrogens is 320 g/mol. The van der Waals surface area contributed by atoms with Crippen LogP contribution < -0.4 is 0 Å². The number of rotatable bonds is 4. The summed E-state index contributed by atoms with van der Waals surface area (Å²) in [6, 6.07) is 5.76. The van der Waals surface area contributed by atoms with Crippen molar-refractivity contribution in [3.63, 3.8) is 0 Å². The molecule has 1 amide bonds. The predicted octanol–water partition coefficient (Wildman–Crippen LogP) is 1.46. The van der Waals surface area contributed by atoms with E-state index in [1.165, 1.54) is 12.4 Å². The van der Waals surface area contributed by atoms with Crippen LogP contribution in [-0.4, -0.2) is 57.2 Å². The van der Waals surface area contributed by atoms with E-state index >= 15 is 0 Å². The summed E-state index contributed by atoms with van der Waals surface area (Å²) < 4.78 is 12.0. The standard InChI is InChI=1S/C18H20N4O3/c23-18(14-10-19-7-8-21-14)22-11-16(17-15(22)5-3-9-24-17)25-12-13-4-1-2-6-20-13/h1-2,4,6-8,10,15-17H,3,5,9,11-12H2/t15-,16+,17+/m0/s1. The summed E-state index contributed by atoms with van der Waals surface area (Å²) in [6.07, 6.45) is 7.95. The second-order valence-corrected chi connectivity index (χ2v) is 6.26. The van der Waals surface area contributed by atoms with Crippen molar-refractivity contribution in [3.05, 3.63) is 54.4 Å². The SMILES string of the molecule is O=C(c1cnccn1)N1C[C@@H](OCc2ccccn2)[C@@H]2OCCC[C@@H]21. The zero-order valence-corrected chi connectivity index (χ0v) is 13.8. The summed E-state index contributed by atoms with van der Waals surface area (Å²) in [5.41, 5.74) is 1.23. The van der Waals surface area contributed by atoms with Gasteiger partial charge in [-0.25, -0.2) is 4.98 Å². The first-order valence-electron chi connectivity index (χ1n) is 8.53. The molecule has 7 heteroatoms. The highest BCUT2D eigenvalue weighted by atomic mass is 16.5. The van der Waals surface area contributed by atoms with Crippen molar-refractivity contribution in [1.82, 2.24) is 19.9 Å². The molecule has 2 aliphatic rings. The number of likely N-dealkylation sites (tertiary alicyclic amines) is 1. The molecule has 25 heavy (non-hydrogen) atoms. The van der Waals surface area contributed by atoms with Gasteiger partial charge in [-0.3, -0.25) is 14.8 Å². The molecule has 2 saturated heterocycles. The van der Waals surface area contributed by atoms with E-state index < -0.39 is 0 Å². The van der Waals surface area contributed by atoms with Gasteiger partial charge < -0.3 is 14.4 Å². The minimum atomic E-state index is -0.159. The van der Waals surface area contributed by atoms with E-state index in [0.29, 0.717) is 25.5 Å². The zero-order valence-electron chi connectivity index (χ0n) is 13.8. The highest BCUT2D eigenvalue weighted by molar-refractivity contribution is 5.92. The van der Waals surface area contributed by atoms with Crippen LogP contribution >= 0.6 is 0 Å². The van der Waals surface area contributed by atoms with E-state index in [0.717, 1.165) is 18.5 Å². The summed E-state index contributed by atoms with van der Waals surface area (Å²) in [7, 11) is 0. The van der Waals surface area contributed by atoms with Gasteiger partial charge in [0.25, 0.3) is 5.91 Å². The molecular formula is C18H20N4O3. The molecule has 4 heterocycles. The first-order chi connectivity index (χ1) is 12.3. The summed E-state index contributed by atoms with van der Waals surface area (Å²) in [5.74, 6) is -0.113. The van der Waals surface area contributed by atoms with Crippen LogP contribution in [0, 0.1) is 0 Å². The van der Waals surface area contributed by atoms with Crippen molar-refractivity contribution < 1.29 is 14.3 Å². The highest BCUT2D eigenvalue weighted by Crippen LogP contribution is 2.31. The molecule has 4 rings (SSSR count). The maximum atomic E-state index is 12.8. The maximum absolute atomic E-state index is 12.8. The molecule has 0 spiro atoms. The Morgan fingerprint density at radius 1 is 1.28 bits per heavy atom. The first-order valence-corrected chi connectivity index (χ1v) is 8.53. The second-order valence-electron chi connectivity index (χ2n) is 6.26. The van der Waals surface area contributed by atoms with Crippen molar-refractivity contribution in [2.24, 2.45) is 0 Å². The predicted molar refractivity (Wildman–Crippen MR) is 88.6 cm³/mol. The van der Waals surface area contributed by atoms with Crippen LogP contribution in [0.1, 0.15) is 29.0 Å². The van der Waals surface area contributed by atoms with Gasteiger partial charge in [0.1, 0.15) is 17.9 Å². The fraction of sp³-hybridized carbons (Fsp3) is 0.444. The molecule has 2 aromatic rings. The van der Waals surface area contributed by atoms with E-state index in [-0.39, 0.29) is 24.2 Å². The van der Waals surface area contributed by atoms with Crippen LogP contribution in [-0.2, 0) is 16.1 Å². The van der Waals surface area contributed by atoms with Crippen LogP contribution in [0.3, 0.4) is 0 Å². The molecule has 0 bridgehead atoms. The Hall–Kier alpha value is -2.38. The third-order valence-corrected chi connectivity index (χ3v) is 4.69. The average molecular weight is 340 g/mol. The molecule has 0 aromatic carbocycles. The molecule has 0 saturated carbocycles. The van der Waals surface area contributed by atoms with E-state index in [9.17, 15) is 4.79 Å². The largest absolute Gasteiger partial charge is 0.373 e. The van der Waals surface area contributed by atoms with Crippen LogP contribution in [0.4, 0.5) is 0 Å². The number of amides is 1. The minimum Gasteiger partial charge on any atom is -0.373 e. The molecule has 130 valence electrons. The maximum Gasteiger partial charge on any atom is 0.274 e. The van der Waals surface area contributed by atoms with Crippen LogP contribution in [0.2, 0.25) is 0 Å². The van der Waals surface area contributed by atoms with Crippen molar-refractivity contribution >= 4 is 5.91 Å². The number of hydrogen-bond donors (Lipinski definition) is 0. The van der Waals surface area contributed by atoms with Gasteiger partial charge in [-0.05, 0) is 25.0 Å². The number of aromatic nitrogens is 3. The topological polar surface area (TPSA) is 77.4 Å². The Kier molecular flexibility index (Phi) is 4.67. The number of hydrogen-bond acceptors (Lipinski definition) is 6. The lowest BCUT2D eigenvalue weighted by Crippen LogP contribution is -2.44. The zero-order chi connectivity index (χ0) is 17.1. The summed E-state index contributed by atoms with van der Waals surface area (Å²) in [6.45, 7) is 1.61. The lowest BCUT2D eigenvalue weighted by atomic mass is 10.0. The fourth-order valence-corrected chi connectivity index (χ4v) is 3.52. The van der Waals surface area contributed by atoms with E-state index in [2.05, 4.69) is 15.0 Å². The Bertz CT molecular complexity index is 713. The molecule has 2 fully saturated rings. The van der Waals surface area contributed by atoms with Gasteiger partial charge in [0, 0.05) is 25.2 Å². The number of carbonyl (C=O) groups is 1. The molecule has 2 aromatic heterocycles. The minimum absolute atomic E-state index is 0.0250. The van der Waals surface area contributed by atoms with Gasteiger partial charge in [-0.15, -0.1) is 0 Å². The summed E-state index contributed by atoms with van der Waals surface area (Å²) >= 11 is 0. The van der Waals surface area contributed by atoms with E-state index in [1.54, 1.807) is 12.4 Å². The van der Waals surface area contributed by atoms with Crippen molar-refractivity contribution in [2.75, 3.05) is 13.2 Å². The number of nitrogens with zero attached hydrogens (tertiary/aromatic N) is 4. The highest BCUT2D eigenvalue weighted by Gasteiger charge is 2.47. The lowest BCUT2D eigenvalue weighted by Gasteiger charge is -2.31. The number of pyridine rings is 1. The van der Waals surface area contributed by atoms with E-state index in [4.69, 9.17) is 9.47 Å². The molecule has 0 radical (unpaired) electrons. The first kappa shape index (κ1) is 16.1. The third kappa shape index (κ3) is 3.38. The van der Waals surface area contributed by atoms with Crippen LogP contribution in [0.25, 0.3) is 0 Å². The normalized spacial score (nSPS) is 25.6. The van der Waals surface area contributed by atoms with Gasteiger partial charge in [0.05, 0.1) is 31.1 Å². The van der Waals surface area contributed by atoms with Crippen molar-refractivity contribution in [3.8, 4) is 0 Å². The van der Waals surface area contributed by atoms with Crippen LogP contribution in [0.15, 0.2) is 43.0 Å². The fourth-order valence-electron chi connectivity index (χ4n) is 3.52. The van der Waals surface area contributed by atoms with Gasteiger partial charge in [-0.1, -0.05) is 6.07 Å². The Labute approximate surface area is 146 Å². The third-order valence-electron chi connectivity index (χ3n) is 4.69. The molecule has 3 atom stereocenters. The number of ether oxygens (including phenoxy) is 2. The number of fused-ring (bicyclic) bond motifs is 1. The Balaban J connectivity index is 1.48. The number of carbonyl (C=O) groups excluding carboxylic acids is 1. The molecule has 7 nitrogen and oxygen atoms in total. The monoisotopic (exact) mass is 340 g/mol. The molecule has 0 aliphatic carbocycles. The Morgan fingerprint density at radius 3 is 3.04 bits per heavy atom. The quantitative estimate of drug-likeness (QED) is 0.839. The second kappa shape index (κ2) is 7.25. The van der Waals surface area contributed by atoms with Gasteiger partial charge in [-0.2, -0.15) is 0 Å².